The summed E-state index contributed by atoms with van der Waals surface area (Å²) in [5.41, 5.74) is 3.58. The molecule has 0 N–H and O–H groups in total. The van der Waals surface area contributed by atoms with Crippen molar-refractivity contribution in [1.82, 2.24) is 4.90 Å². The van der Waals surface area contributed by atoms with Crippen LogP contribution in [0, 0.1) is 13.8 Å². The van der Waals surface area contributed by atoms with Crippen LogP contribution in [-0.4, -0.2) is 42.7 Å². The van der Waals surface area contributed by atoms with E-state index in [0.717, 1.165) is 22.4 Å². The predicted octanol–water partition coefficient (Wildman–Crippen LogP) is 3.17. The minimum atomic E-state index is -0.186. The number of ether oxygens (including phenoxy) is 1. The Bertz CT molecular complexity index is 652. The number of amides is 2. The van der Waals surface area contributed by atoms with E-state index in [1.165, 1.54) is 16.7 Å². The molecule has 0 aliphatic carbocycles. The minimum Gasteiger partial charge on any atom is -0.385 e. The minimum absolute atomic E-state index is 0.173. The van der Waals surface area contributed by atoms with Gasteiger partial charge >= 0.3 is 0 Å². The number of benzene rings is 1. The zero-order valence-corrected chi connectivity index (χ0v) is 15.0. The normalized spacial score (nSPS) is 15.0. The fourth-order valence-corrected chi connectivity index (χ4v) is 3.60. The Morgan fingerprint density at radius 3 is 2.52 bits per heavy atom. The molecule has 124 valence electrons. The lowest BCUT2D eigenvalue weighted by molar-refractivity contribution is -0.136. The first-order valence-electron chi connectivity index (χ1n) is 7.81. The summed E-state index contributed by atoms with van der Waals surface area (Å²) in [7, 11) is 1.62. The Morgan fingerprint density at radius 1 is 1.17 bits per heavy atom. The van der Waals surface area contributed by atoms with E-state index in [-0.39, 0.29) is 11.8 Å². The monoisotopic (exact) mass is 333 g/mol. The van der Waals surface area contributed by atoms with Crippen LogP contribution >= 0.6 is 11.8 Å². The molecule has 0 spiro atoms. The number of carbonyl (C=O) groups excluding carboxylic acids is 2. The number of nitrogens with zero attached hydrogens (tertiary/aromatic N) is 1. The predicted molar refractivity (Wildman–Crippen MR) is 94.2 cm³/mol. The van der Waals surface area contributed by atoms with E-state index < -0.39 is 0 Å². The molecular weight excluding hydrogens is 310 g/mol. The molecule has 4 nitrogen and oxygen atoms in total. The maximum atomic E-state index is 12.8. The van der Waals surface area contributed by atoms with Crippen molar-refractivity contribution in [3.8, 4) is 0 Å². The van der Waals surface area contributed by atoms with E-state index >= 15 is 0 Å². The zero-order chi connectivity index (χ0) is 17.0. The molecule has 23 heavy (non-hydrogen) atoms. The van der Waals surface area contributed by atoms with Gasteiger partial charge < -0.3 is 4.74 Å². The average Bonchev–Trinajstić information content (AvgIpc) is 2.73. The Labute approximate surface area is 141 Å². The Morgan fingerprint density at radius 2 is 1.91 bits per heavy atom. The van der Waals surface area contributed by atoms with Gasteiger partial charge in [0.25, 0.3) is 11.8 Å². The summed E-state index contributed by atoms with van der Waals surface area (Å²) in [6, 6.07) is 5.97. The number of imide groups is 1. The van der Waals surface area contributed by atoms with Crippen LogP contribution in [-0.2, 0) is 14.3 Å². The van der Waals surface area contributed by atoms with Crippen molar-refractivity contribution < 1.29 is 14.3 Å². The summed E-state index contributed by atoms with van der Waals surface area (Å²) in [4.78, 5) is 27.4. The smallest absolute Gasteiger partial charge is 0.267 e. The largest absolute Gasteiger partial charge is 0.385 e. The van der Waals surface area contributed by atoms with E-state index in [4.69, 9.17) is 4.74 Å². The highest BCUT2D eigenvalue weighted by Crippen LogP contribution is 2.37. The van der Waals surface area contributed by atoms with Gasteiger partial charge in [-0.3, -0.25) is 14.5 Å². The quantitative estimate of drug-likeness (QED) is 0.568. The molecule has 1 aromatic rings. The molecule has 0 saturated heterocycles. The second kappa shape index (κ2) is 7.79. The number of aryl methyl sites for hydroxylation is 2. The van der Waals surface area contributed by atoms with E-state index in [1.54, 1.807) is 7.11 Å². The highest BCUT2D eigenvalue weighted by atomic mass is 32.2. The van der Waals surface area contributed by atoms with Crippen LogP contribution in [0.3, 0.4) is 0 Å². The third-order valence-electron chi connectivity index (χ3n) is 3.80. The van der Waals surface area contributed by atoms with E-state index in [9.17, 15) is 9.59 Å². The van der Waals surface area contributed by atoms with Crippen molar-refractivity contribution >= 4 is 29.1 Å². The van der Waals surface area contributed by atoms with Gasteiger partial charge in [-0.25, -0.2) is 0 Å². The molecule has 0 saturated carbocycles. The number of methoxy groups -OCH3 is 1. The van der Waals surface area contributed by atoms with Gasteiger partial charge in [-0.15, -0.1) is 11.8 Å². The number of hydrogen-bond acceptors (Lipinski definition) is 4. The molecule has 2 amide bonds. The Hall–Kier alpha value is -1.59. The van der Waals surface area contributed by atoms with Gasteiger partial charge in [-0.2, -0.15) is 0 Å². The van der Waals surface area contributed by atoms with Crippen molar-refractivity contribution in [2.24, 2.45) is 0 Å². The zero-order valence-electron chi connectivity index (χ0n) is 14.1. The van der Waals surface area contributed by atoms with Crippen LogP contribution in [0.25, 0.3) is 5.57 Å². The van der Waals surface area contributed by atoms with Crippen molar-refractivity contribution in [2.75, 3.05) is 26.0 Å². The fourth-order valence-electron chi connectivity index (χ4n) is 2.73. The topological polar surface area (TPSA) is 46.6 Å². The van der Waals surface area contributed by atoms with Crippen LogP contribution in [0.15, 0.2) is 23.1 Å². The first-order valence-corrected chi connectivity index (χ1v) is 8.79. The molecule has 1 aromatic carbocycles. The maximum Gasteiger partial charge on any atom is 0.267 e. The lowest BCUT2D eigenvalue weighted by Crippen LogP contribution is -2.33. The summed E-state index contributed by atoms with van der Waals surface area (Å²) in [6.07, 6.45) is 0.651. The molecule has 0 unspecified atom stereocenters. The number of thioether (sulfide) groups is 1. The molecule has 1 aliphatic rings. The number of rotatable bonds is 7. The van der Waals surface area contributed by atoms with E-state index in [1.807, 2.05) is 39.0 Å². The summed E-state index contributed by atoms with van der Waals surface area (Å²) in [5, 5.41) is 0. The lowest BCUT2D eigenvalue weighted by Gasteiger charge is -2.15. The Balaban J connectivity index is 2.40. The third kappa shape index (κ3) is 3.67. The SMILES string of the molecule is CCSC1=C(c2ccc(C)cc2C)C(=O)N(CCCOC)C1=O. The summed E-state index contributed by atoms with van der Waals surface area (Å²) < 4.78 is 5.02. The van der Waals surface area contributed by atoms with Gasteiger partial charge in [0.15, 0.2) is 0 Å². The maximum absolute atomic E-state index is 12.8. The van der Waals surface area contributed by atoms with Crippen molar-refractivity contribution in [2.45, 2.75) is 27.2 Å². The summed E-state index contributed by atoms with van der Waals surface area (Å²) in [6.45, 7) is 6.92. The molecule has 0 bridgehead atoms. The highest BCUT2D eigenvalue weighted by molar-refractivity contribution is 8.04. The van der Waals surface area contributed by atoms with Gasteiger partial charge in [-0.1, -0.05) is 30.7 Å². The molecular formula is C18H23NO3S. The summed E-state index contributed by atoms with van der Waals surface area (Å²) in [5.74, 6) is 0.399. The van der Waals surface area contributed by atoms with Crippen LogP contribution in [0.4, 0.5) is 0 Å². The van der Waals surface area contributed by atoms with Gasteiger partial charge in [0.1, 0.15) is 0 Å². The van der Waals surface area contributed by atoms with Crippen molar-refractivity contribution in [3.63, 3.8) is 0 Å². The third-order valence-corrected chi connectivity index (χ3v) is 4.75. The van der Waals surface area contributed by atoms with Crippen LogP contribution in [0.1, 0.15) is 30.0 Å². The molecule has 0 aromatic heterocycles. The molecule has 2 rings (SSSR count). The van der Waals surface area contributed by atoms with Gasteiger partial charge in [0, 0.05) is 20.3 Å². The van der Waals surface area contributed by atoms with Crippen LogP contribution < -0.4 is 0 Å². The molecule has 1 aliphatic heterocycles. The molecule has 0 radical (unpaired) electrons. The highest BCUT2D eigenvalue weighted by Gasteiger charge is 2.38. The standard InChI is InChI=1S/C18H23NO3S/c1-5-23-16-15(14-8-7-12(2)11-13(14)3)17(20)19(18(16)21)9-6-10-22-4/h7-8,11H,5-6,9-10H2,1-4H3. The average molecular weight is 333 g/mol. The van der Waals surface area contributed by atoms with Gasteiger partial charge in [0.2, 0.25) is 0 Å². The fraction of sp³-hybridized carbons (Fsp3) is 0.444. The summed E-state index contributed by atoms with van der Waals surface area (Å²) >= 11 is 1.45. The van der Waals surface area contributed by atoms with Crippen molar-refractivity contribution in [3.05, 3.63) is 39.8 Å². The van der Waals surface area contributed by atoms with Crippen LogP contribution in [0.2, 0.25) is 0 Å². The Kier molecular flexibility index (Phi) is 6.02. The lowest BCUT2D eigenvalue weighted by atomic mass is 9.99. The second-order valence-electron chi connectivity index (χ2n) is 5.56. The molecule has 0 fully saturated rings. The number of carbonyl (C=O) groups is 2. The number of hydrogen-bond donors (Lipinski definition) is 0. The second-order valence-corrected chi connectivity index (χ2v) is 6.84. The molecule has 0 atom stereocenters. The first-order chi connectivity index (χ1) is 11.0. The van der Waals surface area contributed by atoms with E-state index in [2.05, 4.69) is 0 Å². The molecule has 1 heterocycles. The van der Waals surface area contributed by atoms with Gasteiger partial charge in [0.05, 0.1) is 10.5 Å². The van der Waals surface area contributed by atoms with Crippen molar-refractivity contribution in [1.29, 1.82) is 0 Å². The molecule has 5 heteroatoms. The van der Waals surface area contributed by atoms with E-state index in [0.29, 0.717) is 30.1 Å². The first kappa shape index (κ1) is 17.8. The van der Waals surface area contributed by atoms with Gasteiger partial charge in [-0.05, 0) is 37.1 Å². The van der Waals surface area contributed by atoms with Crippen LogP contribution in [0.5, 0.6) is 0 Å².